The van der Waals surface area contributed by atoms with Crippen molar-refractivity contribution < 1.29 is 4.74 Å². The van der Waals surface area contributed by atoms with Gasteiger partial charge in [0.25, 0.3) is 0 Å². The molecular weight excluding hydrogens is 238 g/mol. The Hall–Kier alpha value is -1.60. The number of likely N-dealkylation sites (tertiary alicyclic amines) is 1. The summed E-state index contributed by atoms with van der Waals surface area (Å²) in [7, 11) is 0. The number of terminal acetylenes is 1. The fourth-order valence-corrected chi connectivity index (χ4v) is 2.27. The zero-order valence-electron chi connectivity index (χ0n) is 11.7. The number of nitrogens with zero attached hydrogens (tertiary/aromatic N) is 3. The molecule has 1 fully saturated rings. The molecule has 0 spiro atoms. The Morgan fingerprint density at radius 1 is 1.37 bits per heavy atom. The van der Waals surface area contributed by atoms with Gasteiger partial charge in [0.2, 0.25) is 5.88 Å². The van der Waals surface area contributed by atoms with Crippen LogP contribution in [0.5, 0.6) is 5.88 Å². The number of hydrogen-bond donors (Lipinski definition) is 0. The summed E-state index contributed by atoms with van der Waals surface area (Å²) in [6.45, 7) is 8.18. The van der Waals surface area contributed by atoms with Crippen LogP contribution in [-0.4, -0.2) is 41.3 Å². The van der Waals surface area contributed by atoms with Gasteiger partial charge in [-0.15, -0.1) is 16.6 Å². The highest BCUT2D eigenvalue weighted by atomic mass is 16.5. The fraction of sp³-hybridized carbons (Fsp3) is 0.600. The van der Waals surface area contributed by atoms with Gasteiger partial charge in [-0.1, -0.05) is 13.8 Å². The lowest BCUT2D eigenvalue weighted by Gasteiger charge is -2.16. The van der Waals surface area contributed by atoms with E-state index in [0.29, 0.717) is 24.1 Å². The molecule has 0 atom stereocenters. The molecular formula is C15H21N3O. The maximum Gasteiger partial charge on any atom is 0.237 e. The summed E-state index contributed by atoms with van der Waals surface area (Å²) >= 11 is 0. The highest BCUT2D eigenvalue weighted by Crippen LogP contribution is 2.24. The van der Waals surface area contributed by atoms with Crippen LogP contribution in [-0.2, 0) is 0 Å². The highest BCUT2D eigenvalue weighted by Gasteiger charge is 2.14. The van der Waals surface area contributed by atoms with E-state index in [4.69, 9.17) is 11.2 Å². The summed E-state index contributed by atoms with van der Waals surface area (Å²) in [6, 6.07) is 1.89. The Bertz CT molecular complexity index is 459. The summed E-state index contributed by atoms with van der Waals surface area (Å²) in [6.07, 6.45) is 7.95. The molecule has 1 aliphatic heterocycles. The Labute approximate surface area is 115 Å². The second kappa shape index (κ2) is 6.53. The van der Waals surface area contributed by atoms with Gasteiger partial charge in [0, 0.05) is 12.1 Å². The lowest BCUT2D eigenvalue weighted by atomic mass is 10.0. The number of hydrogen-bond acceptors (Lipinski definition) is 4. The number of aromatic nitrogens is 2. The standard InChI is InChI=1S/C15H21N3O/c1-4-13-11-14(12(2)3)15(17-16-13)19-10-9-18-7-5-6-8-18/h1,11-12H,5-10H2,2-3H3. The first-order valence-electron chi connectivity index (χ1n) is 6.90. The molecule has 0 bridgehead atoms. The predicted molar refractivity (Wildman–Crippen MR) is 75.2 cm³/mol. The van der Waals surface area contributed by atoms with E-state index < -0.39 is 0 Å². The minimum Gasteiger partial charge on any atom is -0.475 e. The lowest BCUT2D eigenvalue weighted by Crippen LogP contribution is -2.25. The summed E-state index contributed by atoms with van der Waals surface area (Å²) in [5.41, 5.74) is 1.60. The van der Waals surface area contributed by atoms with Crippen LogP contribution in [0.25, 0.3) is 0 Å². The molecule has 0 saturated carbocycles. The number of rotatable bonds is 5. The molecule has 2 rings (SSSR count). The maximum atomic E-state index is 5.78. The molecule has 1 aliphatic rings. The van der Waals surface area contributed by atoms with Gasteiger partial charge < -0.3 is 4.74 Å². The van der Waals surface area contributed by atoms with E-state index in [1.165, 1.54) is 25.9 Å². The highest BCUT2D eigenvalue weighted by molar-refractivity contribution is 5.35. The van der Waals surface area contributed by atoms with Gasteiger partial charge in [0.1, 0.15) is 12.3 Å². The van der Waals surface area contributed by atoms with Crippen LogP contribution in [0.1, 0.15) is 43.9 Å². The van der Waals surface area contributed by atoms with Crippen LogP contribution in [0.4, 0.5) is 0 Å². The summed E-state index contributed by atoms with van der Waals surface area (Å²) < 4.78 is 5.78. The zero-order chi connectivity index (χ0) is 13.7. The molecule has 0 unspecified atom stereocenters. The Kier molecular flexibility index (Phi) is 4.75. The van der Waals surface area contributed by atoms with Gasteiger partial charge in [0.15, 0.2) is 0 Å². The SMILES string of the molecule is C#Cc1cc(C(C)C)c(OCCN2CCCC2)nn1. The van der Waals surface area contributed by atoms with Crippen molar-refractivity contribution in [1.82, 2.24) is 15.1 Å². The molecule has 4 heteroatoms. The Morgan fingerprint density at radius 2 is 2.11 bits per heavy atom. The molecule has 0 N–H and O–H groups in total. The van der Waals surface area contributed by atoms with Crippen LogP contribution >= 0.6 is 0 Å². The van der Waals surface area contributed by atoms with E-state index in [-0.39, 0.29) is 0 Å². The van der Waals surface area contributed by atoms with Crippen molar-refractivity contribution in [3.8, 4) is 18.2 Å². The molecule has 0 radical (unpaired) electrons. The van der Waals surface area contributed by atoms with E-state index in [9.17, 15) is 0 Å². The van der Waals surface area contributed by atoms with Crippen molar-refractivity contribution >= 4 is 0 Å². The number of ether oxygens (including phenoxy) is 1. The Morgan fingerprint density at radius 3 is 2.74 bits per heavy atom. The minimum absolute atomic E-state index is 0.324. The van der Waals surface area contributed by atoms with Gasteiger partial charge in [-0.25, -0.2) is 0 Å². The van der Waals surface area contributed by atoms with Crippen molar-refractivity contribution in [2.45, 2.75) is 32.6 Å². The van der Waals surface area contributed by atoms with E-state index in [0.717, 1.165) is 12.1 Å². The third kappa shape index (κ3) is 3.68. The van der Waals surface area contributed by atoms with Crippen LogP contribution < -0.4 is 4.74 Å². The van der Waals surface area contributed by atoms with Crippen LogP contribution in [0.2, 0.25) is 0 Å². The molecule has 1 aromatic rings. The lowest BCUT2D eigenvalue weighted by molar-refractivity contribution is 0.228. The van der Waals surface area contributed by atoms with Crippen LogP contribution in [0.15, 0.2) is 6.07 Å². The Balaban J connectivity index is 1.96. The minimum atomic E-state index is 0.324. The van der Waals surface area contributed by atoms with Gasteiger partial charge in [-0.2, -0.15) is 0 Å². The van der Waals surface area contributed by atoms with Crippen LogP contribution in [0, 0.1) is 12.3 Å². The molecule has 4 nitrogen and oxygen atoms in total. The molecule has 0 amide bonds. The van der Waals surface area contributed by atoms with E-state index >= 15 is 0 Å². The zero-order valence-corrected chi connectivity index (χ0v) is 11.7. The van der Waals surface area contributed by atoms with E-state index in [1.54, 1.807) is 0 Å². The molecule has 1 saturated heterocycles. The molecule has 2 heterocycles. The van der Waals surface area contributed by atoms with E-state index in [2.05, 4.69) is 34.9 Å². The van der Waals surface area contributed by atoms with Crippen molar-refractivity contribution in [2.24, 2.45) is 0 Å². The summed E-state index contributed by atoms with van der Waals surface area (Å²) in [5.74, 6) is 3.46. The normalized spacial score (nSPS) is 15.7. The van der Waals surface area contributed by atoms with Crippen molar-refractivity contribution in [3.05, 3.63) is 17.3 Å². The van der Waals surface area contributed by atoms with Crippen LogP contribution in [0.3, 0.4) is 0 Å². The monoisotopic (exact) mass is 259 g/mol. The molecule has 0 aromatic carbocycles. The van der Waals surface area contributed by atoms with Crippen molar-refractivity contribution in [1.29, 1.82) is 0 Å². The van der Waals surface area contributed by atoms with Crippen molar-refractivity contribution in [3.63, 3.8) is 0 Å². The molecule has 1 aromatic heterocycles. The van der Waals surface area contributed by atoms with E-state index in [1.807, 2.05) is 6.07 Å². The quantitative estimate of drug-likeness (QED) is 0.759. The third-order valence-corrected chi connectivity index (χ3v) is 3.40. The van der Waals surface area contributed by atoms with Gasteiger partial charge in [-0.05, 0) is 43.8 Å². The molecule has 0 aliphatic carbocycles. The largest absolute Gasteiger partial charge is 0.475 e. The average Bonchev–Trinajstić information content (AvgIpc) is 2.92. The first-order chi connectivity index (χ1) is 9.20. The predicted octanol–water partition coefficient (Wildman–Crippen LogP) is 2.06. The molecule has 19 heavy (non-hydrogen) atoms. The second-order valence-corrected chi connectivity index (χ2v) is 5.19. The first kappa shape index (κ1) is 13.8. The van der Waals surface area contributed by atoms with Gasteiger partial charge in [-0.3, -0.25) is 4.90 Å². The maximum absolute atomic E-state index is 5.78. The summed E-state index contributed by atoms with van der Waals surface area (Å²) in [4.78, 5) is 2.41. The smallest absolute Gasteiger partial charge is 0.237 e. The average molecular weight is 259 g/mol. The van der Waals surface area contributed by atoms with Crippen molar-refractivity contribution in [2.75, 3.05) is 26.2 Å². The summed E-state index contributed by atoms with van der Waals surface area (Å²) in [5, 5.41) is 8.07. The topological polar surface area (TPSA) is 38.2 Å². The van der Waals surface area contributed by atoms with Gasteiger partial charge in [0.05, 0.1) is 0 Å². The third-order valence-electron chi connectivity index (χ3n) is 3.40. The second-order valence-electron chi connectivity index (χ2n) is 5.19. The fourth-order valence-electron chi connectivity index (χ4n) is 2.27. The molecule has 102 valence electrons. The first-order valence-corrected chi connectivity index (χ1v) is 6.90. The van der Waals surface area contributed by atoms with Gasteiger partial charge >= 0.3 is 0 Å².